The summed E-state index contributed by atoms with van der Waals surface area (Å²) in [4.78, 5) is 12.9. The van der Waals surface area contributed by atoms with Gasteiger partial charge < -0.3 is 5.32 Å². The van der Waals surface area contributed by atoms with Crippen LogP contribution in [0.3, 0.4) is 0 Å². The van der Waals surface area contributed by atoms with Gasteiger partial charge in [0.1, 0.15) is 0 Å². The van der Waals surface area contributed by atoms with Gasteiger partial charge in [-0.05, 0) is 53.8 Å². The highest BCUT2D eigenvalue weighted by Crippen LogP contribution is 2.48. The summed E-state index contributed by atoms with van der Waals surface area (Å²) in [5.74, 6) is -0.000709. The number of fused-ring (bicyclic) bond motifs is 1. The first-order valence-corrected chi connectivity index (χ1v) is 8.95. The molecule has 2 nitrogen and oxygen atoms in total. The summed E-state index contributed by atoms with van der Waals surface area (Å²) < 4.78 is 0.924. The zero-order valence-electron chi connectivity index (χ0n) is 13.5. The monoisotopic (exact) mass is 379 g/mol. The number of halogens is 1. The lowest BCUT2D eigenvalue weighted by atomic mass is 9.96. The molecular weight excluding hydrogens is 362 g/mol. The summed E-state index contributed by atoms with van der Waals surface area (Å²) >= 11 is 3.46. The SMILES string of the molecule is Cc1ccc(Br)cc1C(=O)NC1(c2cccc3ccccc23)CC1. The van der Waals surface area contributed by atoms with Crippen LogP contribution >= 0.6 is 15.9 Å². The van der Waals surface area contributed by atoms with Gasteiger partial charge in [-0.25, -0.2) is 0 Å². The van der Waals surface area contributed by atoms with Crippen molar-refractivity contribution in [1.29, 1.82) is 0 Å². The minimum absolute atomic E-state index is 0.000709. The second-order valence-corrected chi connectivity index (χ2v) is 7.44. The van der Waals surface area contributed by atoms with Gasteiger partial charge in [-0.1, -0.05) is 64.5 Å². The Morgan fingerprint density at radius 2 is 1.79 bits per heavy atom. The molecule has 0 bridgehead atoms. The highest BCUT2D eigenvalue weighted by molar-refractivity contribution is 9.10. The standard InChI is InChI=1S/C21H18BrNO/c1-14-9-10-16(22)13-18(14)20(24)23-21(11-12-21)19-8-4-6-15-5-2-3-7-17(15)19/h2-10,13H,11-12H2,1H3,(H,23,24). The molecule has 3 aromatic rings. The zero-order chi connectivity index (χ0) is 16.7. The second-order valence-electron chi connectivity index (χ2n) is 6.52. The third-order valence-corrected chi connectivity index (χ3v) is 5.35. The predicted molar refractivity (Wildman–Crippen MR) is 101 cm³/mol. The fourth-order valence-corrected chi connectivity index (χ4v) is 3.71. The molecule has 120 valence electrons. The number of hydrogen-bond acceptors (Lipinski definition) is 1. The first-order chi connectivity index (χ1) is 11.6. The van der Waals surface area contributed by atoms with E-state index in [1.165, 1.54) is 16.3 Å². The smallest absolute Gasteiger partial charge is 0.252 e. The maximum absolute atomic E-state index is 12.9. The number of aryl methyl sites for hydroxylation is 1. The quantitative estimate of drug-likeness (QED) is 0.654. The normalized spacial score (nSPS) is 15.2. The number of carbonyl (C=O) groups excluding carboxylic acids is 1. The van der Waals surface area contributed by atoms with Gasteiger partial charge in [0, 0.05) is 10.0 Å². The molecule has 3 aromatic carbocycles. The summed E-state index contributed by atoms with van der Waals surface area (Å²) in [5, 5.41) is 5.74. The molecule has 1 saturated carbocycles. The number of benzene rings is 3. The average molecular weight is 380 g/mol. The molecule has 3 heteroatoms. The Labute approximate surface area is 150 Å². The molecule has 0 aromatic heterocycles. The van der Waals surface area contributed by atoms with Crippen LogP contribution in [0.25, 0.3) is 10.8 Å². The molecule has 1 amide bonds. The Kier molecular flexibility index (Phi) is 3.69. The van der Waals surface area contributed by atoms with Crippen molar-refractivity contribution >= 4 is 32.6 Å². The first kappa shape index (κ1) is 15.4. The number of carbonyl (C=O) groups is 1. The molecule has 0 unspecified atom stereocenters. The van der Waals surface area contributed by atoms with E-state index >= 15 is 0 Å². The minimum Gasteiger partial charge on any atom is -0.342 e. The van der Waals surface area contributed by atoms with Crippen molar-refractivity contribution in [2.24, 2.45) is 0 Å². The summed E-state index contributed by atoms with van der Waals surface area (Å²) in [5.41, 5.74) is 2.72. The van der Waals surface area contributed by atoms with Crippen molar-refractivity contribution in [2.75, 3.05) is 0 Å². The van der Waals surface area contributed by atoms with Gasteiger partial charge in [-0.3, -0.25) is 4.79 Å². The lowest BCUT2D eigenvalue weighted by molar-refractivity contribution is 0.0930. The Morgan fingerprint density at radius 1 is 1.04 bits per heavy atom. The van der Waals surface area contributed by atoms with Crippen LogP contribution in [0.2, 0.25) is 0 Å². The van der Waals surface area contributed by atoms with Gasteiger partial charge in [0.05, 0.1) is 5.54 Å². The average Bonchev–Trinajstić information content (AvgIpc) is 3.37. The highest BCUT2D eigenvalue weighted by atomic mass is 79.9. The highest BCUT2D eigenvalue weighted by Gasteiger charge is 2.46. The van der Waals surface area contributed by atoms with Crippen LogP contribution < -0.4 is 5.32 Å². The van der Waals surface area contributed by atoms with E-state index in [0.29, 0.717) is 0 Å². The first-order valence-electron chi connectivity index (χ1n) is 8.16. The van der Waals surface area contributed by atoms with E-state index in [1.807, 2.05) is 25.1 Å². The van der Waals surface area contributed by atoms with Crippen molar-refractivity contribution in [1.82, 2.24) is 5.32 Å². The summed E-state index contributed by atoms with van der Waals surface area (Å²) in [6.07, 6.45) is 1.97. The van der Waals surface area contributed by atoms with E-state index in [1.54, 1.807) is 0 Å². The number of hydrogen-bond donors (Lipinski definition) is 1. The van der Waals surface area contributed by atoms with Crippen LogP contribution in [0.15, 0.2) is 65.1 Å². The van der Waals surface area contributed by atoms with Crippen LogP contribution in [-0.2, 0) is 5.54 Å². The van der Waals surface area contributed by atoms with Crippen LogP contribution in [0.1, 0.15) is 34.3 Å². The largest absolute Gasteiger partial charge is 0.342 e. The fourth-order valence-electron chi connectivity index (χ4n) is 3.35. The van der Waals surface area contributed by atoms with Crippen molar-refractivity contribution in [2.45, 2.75) is 25.3 Å². The summed E-state index contributed by atoms with van der Waals surface area (Å²) in [7, 11) is 0. The van der Waals surface area contributed by atoms with E-state index in [2.05, 4.69) is 63.7 Å². The van der Waals surface area contributed by atoms with Gasteiger partial charge in [-0.2, -0.15) is 0 Å². The van der Waals surface area contributed by atoms with Crippen LogP contribution in [0.5, 0.6) is 0 Å². The molecule has 4 rings (SSSR count). The third kappa shape index (κ3) is 2.63. The molecule has 0 radical (unpaired) electrons. The van der Waals surface area contributed by atoms with Gasteiger partial charge >= 0.3 is 0 Å². The van der Waals surface area contributed by atoms with Gasteiger partial charge in [0.15, 0.2) is 0 Å². The van der Waals surface area contributed by atoms with E-state index in [0.717, 1.165) is 28.4 Å². The topological polar surface area (TPSA) is 29.1 Å². The molecule has 24 heavy (non-hydrogen) atoms. The van der Waals surface area contributed by atoms with Crippen molar-refractivity contribution < 1.29 is 4.79 Å². The van der Waals surface area contributed by atoms with Crippen LogP contribution in [0, 0.1) is 6.92 Å². The predicted octanol–water partition coefficient (Wildman–Crippen LogP) is 5.33. The number of rotatable bonds is 3. The van der Waals surface area contributed by atoms with Gasteiger partial charge in [0.25, 0.3) is 5.91 Å². The Balaban J connectivity index is 1.71. The van der Waals surface area contributed by atoms with Crippen LogP contribution in [0.4, 0.5) is 0 Å². The van der Waals surface area contributed by atoms with E-state index < -0.39 is 0 Å². The van der Waals surface area contributed by atoms with E-state index in [-0.39, 0.29) is 11.4 Å². The maximum Gasteiger partial charge on any atom is 0.252 e. The summed E-state index contributed by atoms with van der Waals surface area (Å²) in [6.45, 7) is 1.97. The summed E-state index contributed by atoms with van der Waals surface area (Å²) in [6, 6.07) is 20.5. The van der Waals surface area contributed by atoms with E-state index in [4.69, 9.17) is 0 Å². The molecule has 1 N–H and O–H groups in total. The Morgan fingerprint density at radius 3 is 2.58 bits per heavy atom. The molecule has 0 saturated heterocycles. The van der Waals surface area contributed by atoms with Crippen molar-refractivity contribution in [3.8, 4) is 0 Å². The molecule has 1 aliphatic carbocycles. The second kappa shape index (κ2) is 5.75. The lowest BCUT2D eigenvalue weighted by Crippen LogP contribution is -2.35. The van der Waals surface area contributed by atoms with Crippen LogP contribution in [-0.4, -0.2) is 5.91 Å². The molecule has 0 heterocycles. The molecule has 0 atom stereocenters. The van der Waals surface area contributed by atoms with Crippen molar-refractivity contribution in [3.05, 3.63) is 81.8 Å². The maximum atomic E-state index is 12.9. The molecule has 1 aliphatic rings. The zero-order valence-corrected chi connectivity index (χ0v) is 15.1. The molecular formula is C21H18BrNO. The minimum atomic E-state index is -0.229. The van der Waals surface area contributed by atoms with Gasteiger partial charge in [0.2, 0.25) is 0 Å². The molecule has 1 fully saturated rings. The number of amides is 1. The Bertz CT molecular complexity index is 938. The lowest BCUT2D eigenvalue weighted by Gasteiger charge is -2.21. The van der Waals surface area contributed by atoms with Gasteiger partial charge in [-0.15, -0.1) is 0 Å². The molecule has 0 aliphatic heterocycles. The van der Waals surface area contributed by atoms with Crippen molar-refractivity contribution in [3.63, 3.8) is 0 Å². The number of nitrogens with one attached hydrogen (secondary N) is 1. The fraction of sp³-hybridized carbons (Fsp3) is 0.190. The third-order valence-electron chi connectivity index (χ3n) is 4.85. The van der Waals surface area contributed by atoms with E-state index in [9.17, 15) is 4.79 Å². The molecule has 0 spiro atoms. The Hall–Kier alpha value is -2.13.